The molecule has 2 heteroatoms. The number of aromatic hydroxyl groups is 1. The molecule has 0 saturated carbocycles. The van der Waals surface area contributed by atoms with Crippen LogP contribution < -0.4 is 5.32 Å². The zero-order valence-electron chi connectivity index (χ0n) is 8.80. The van der Waals surface area contributed by atoms with E-state index >= 15 is 0 Å². The SMILES string of the molecule is Cc1ccc(C2(C)CCCN2)cc1O. The largest absolute Gasteiger partial charge is 0.508 e. The molecular weight excluding hydrogens is 174 g/mol. The van der Waals surface area contributed by atoms with Crippen LogP contribution in [0.3, 0.4) is 0 Å². The lowest BCUT2D eigenvalue weighted by Gasteiger charge is -2.25. The Morgan fingerprint density at radius 2 is 2.21 bits per heavy atom. The number of hydrogen-bond donors (Lipinski definition) is 2. The van der Waals surface area contributed by atoms with Gasteiger partial charge in [0.05, 0.1) is 0 Å². The van der Waals surface area contributed by atoms with E-state index in [4.69, 9.17) is 0 Å². The number of rotatable bonds is 1. The molecule has 14 heavy (non-hydrogen) atoms. The molecule has 76 valence electrons. The van der Waals surface area contributed by atoms with E-state index in [0.717, 1.165) is 18.5 Å². The van der Waals surface area contributed by atoms with E-state index < -0.39 is 0 Å². The van der Waals surface area contributed by atoms with Crippen molar-refractivity contribution in [2.24, 2.45) is 0 Å². The van der Waals surface area contributed by atoms with Gasteiger partial charge in [-0.1, -0.05) is 12.1 Å². The summed E-state index contributed by atoms with van der Waals surface area (Å²) in [6, 6.07) is 5.97. The quantitative estimate of drug-likeness (QED) is 0.714. The van der Waals surface area contributed by atoms with E-state index in [-0.39, 0.29) is 5.54 Å². The second-order valence-electron chi connectivity index (χ2n) is 4.36. The first kappa shape index (κ1) is 9.53. The van der Waals surface area contributed by atoms with Gasteiger partial charge >= 0.3 is 0 Å². The fourth-order valence-electron chi connectivity index (χ4n) is 2.09. The van der Waals surface area contributed by atoms with Crippen molar-refractivity contribution in [3.05, 3.63) is 29.3 Å². The first-order valence-corrected chi connectivity index (χ1v) is 5.17. The van der Waals surface area contributed by atoms with Crippen molar-refractivity contribution in [3.8, 4) is 5.75 Å². The topological polar surface area (TPSA) is 32.3 Å². The minimum Gasteiger partial charge on any atom is -0.508 e. The van der Waals surface area contributed by atoms with Gasteiger partial charge < -0.3 is 10.4 Å². The van der Waals surface area contributed by atoms with Crippen molar-refractivity contribution < 1.29 is 5.11 Å². The maximum atomic E-state index is 9.65. The van der Waals surface area contributed by atoms with Crippen LogP contribution in [0, 0.1) is 6.92 Å². The molecular formula is C12H17NO. The number of benzene rings is 1. The van der Waals surface area contributed by atoms with Crippen LogP contribution in [0.1, 0.15) is 30.9 Å². The van der Waals surface area contributed by atoms with E-state index in [1.165, 1.54) is 12.0 Å². The van der Waals surface area contributed by atoms with Crippen LogP contribution in [0.15, 0.2) is 18.2 Å². The van der Waals surface area contributed by atoms with Crippen molar-refractivity contribution in [3.63, 3.8) is 0 Å². The summed E-state index contributed by atoms with van der Waals surface area (Å²) in [4.78, 5) is 0. The Balaban J connectivity index is 2.36. The smallest absolute Gasteiger partial charge is 0.118 e. The van der Waals surface area contributed by atoms with Crippen molar-refractivity contribution >= 4 is 0 Å². The number of nitrogens with one attached hydrogen (secondary N) is 1. The second-order valence-corrected chi connectivity index (χ2v) is 4.36. The van der Waals surface area contributed by atoms with E-state index in [0.29, 0.717) is 5.75 Å². The summed E-state index contributed by atoms with van der Waals surface area (Å²) in [5, 5.41) is 13.1. The van der Waals surface area contributed by atoms with Crippen molar-refractivity contribution in [1.29, 1.82) is 0 Å². The Bertz CT molecular complexity index is 340. The van der Waals surface area contributed by atoms with Crippen LogP contribution in [0.5, 0.6) is 5.75 Å². The number of aryl methyl sites for hydroxylation is 1. The summed E-state index contributed by atoms with van der Waals surface area (Å²) in [7, 11) is 0. The first-order valence-electron chi connectivity index (χ1n) is 5.17. The predicted molar refractivity (Wildman–Crippen MR) is 57.4 cm³/mol. The highest BCUT2D eigenvalue weighted by atomic mass is 16.3. The molecule has 1 heterocycles. The van der Waals surface area contributed by atoms with Crippen LogP contribution in [-0.2, 0) is 5.54 Å². The molecule has 0 radical (unpaired) electrons. The van der Waals surface area contributed by atoms with Gasteiger partial charge in [-0.15, -0.1) is 0 Å². The van der Waals surface area contributed by atoms with Crippen LogP contribution in [0.25, 0.3) is 0 Å². The highest BCUT2D eigenvalue weighted by molar-refractivity contribution is 5.38. The molecule has 0 bridgehead atoms. The molecule has 1 aliphatic heterocycles. The molecule has 0 aliphatic carbocycles. The van der Waals surface area contributed by atoms with Gasteiger partial charge in [-0.3, -0.25) is 0 Å². The molecule has 1 aromatic carbocycles. The molecule has 1 fully saturated rings. The fourth-order valence-corrected chi connectivity index (χ4v) is 2.09. The van der Waals surface area contributed by atoms with E-state index in [2.05, 4.69) is 18.3 Å². The number of phenolic OH excluding ortho intramolecular Hbond substituents is 1. The Morgan fingerprint density at radius 3 is 2.79 bits per heavy atom. The summed E-state index contributed by atoms with van der Waals surface area (Å²) < 4.78 is 0. The summed E-state index contributed by atoms with van der Waals surface area (Å²) in [5.74, 6) is 0.400. The number of hydrogen-bond acceptors (Lipinski definition) is 2. The Labute approximate surface area is 85.0 Å². The summed E-state index contributed by atoms with van der Waals surface area (Å²) in [6.45, 7) is 5.19. The molecule has 0 amide bonds. The van der Waals surface area contributed by atoms with Crippen LogP contribution in [0.2, 0.25) is 0 Å². The average molecular weight is 191 g/mol. The fraction of sp³-hybridized carbons (Fsp3) is 0.500. The molecule has 2 nitrogen and oxygen atoms in total. The van der Waals surface area contributed by atoms with Crippen LogP contribution in [-0.4, -0.2) is 11.7 Å². The van der Waals surface area contributed by atoms with Gasteiger partial charge in [-0.05, 0) is 50.4 Å². The van der Waals surface area contributed by atoms with E-state index in [1.807, 2.05) is 19.1 Å². The van der Waals surface area contributed by atoms with Crippen molar-refractivity contribution in [2.75, 3.05) is 6.54 Å². The van der Waals surface area contributed by atoms with Crippen LogP contribution >= 0.6 is 0 Å². The maximum Gasteiger partial charge on any atom is 0.118 e. The number of phenols is 1. The Morgan fingerprint density at radius 1 is 1.43 bits per heavy atom. The lowest BCUT2D eigenvalue weighted by Crippen LogP contribution is -2.32. The molecule has 1 saturated heterocycles. The van der Waals surface area contributed by atoms with Gasteiger partial charge in [0.25, 0.3) is 0 Å². The molecule has 1 unspecified atom stereocenters. The first-order chi connectivity index (χ1) is 6.62. The van der Waals surface area contributed by atoms with Gasteiger partial charge in [0.2, 0.25) is 0 Å². The third-order valence-corrected chi connectivity index (χ3v) is 3.21. The van der Waals surface area contributed by atoms with Gasteiger partial charge in [0.15, 0.2) is 0 Å². The van der Waals surface area contributed by atoms with Crippen molar-refractivity contribution in [2.45, 2.75) is 32.2 Å². The zero-order valence-corrected chi connectivity index (χ0v) is 8.80. The molecule has 0 spiro atoms. The minimum absolute atomic E-state index is 0.0607. The molecule has 0 aromatic heterocycles. The third-order valence-electron chi connectivity index (χ3n) is 3.21. The molecule has 1 aliphatic rings. The van der Waals surface area contributed by atoms with Gasteiger partial charge in [0, 0.05) is 5.54 Å². The highest BCUT2D eigenvalue weighted by Gasteiger charge is 2.30. The van der Waals surface area contributed by atoms with E-state index in [9.17, 15) is 5.11 Å². The average Bonchev–Trinajstić information content (AvgIpc) is 2.58. The van der Waals surface area contributed by atoms with Gasteiger partial charge in [-0.25, -0.2) is 0 Å². The maximum absolute atomic E-state index is 9.65. The minimum atomic E-state index is 0.0607. The standard InChI is InChI=1S/C12H17NO/c1-9-4-5-10(8-11(9)14)12(2)6-3-7-13-12/h4-5,8,13-14H,3,6-7H2,1-2H3. The van der Waals surface area contributed by atoms with E-state index in [1.54, 1.807) is 0 Å². The van der Waals surface area contributed by atoms with Crippen LogP contribution in [0.4, 0.5) is 0 Å². The Kier molecular flexibility index (Phi) is 2.23. The molecule has 2 N–H and O–H groups in total. The summed E-state index contributed by atoms with van der Waals surface area (Å²) >= 11 is 0. The van der Waals surface area contributed by atoms with Crippen molar-refractivity contribution in [1.82, 2.24) is 5.32 Å². The molecule has 1 aromatic rings. The van der Waals surface area contributed by atoms with Gasteiger partial charge in [-0.2, -0.15) is 0 Å². The molecule has 2 rings (SSSR count). The van der Waals surface area contributed by atoms with Gasteiger partial charge in [0.1, 0.15) is 5.75 Å². The predicted octanol–water partition coefficient (Wildman–Crippen LogP) is 2.30. The third kappa shape index (κ3) is 1.50. The Hall–Kier alpha value is -1.02. The molecule has 1 atom stereocenters. The summed E-state index contributed by atoms with van der Waals surface area (Å²) in [6.07, 6.45) is 2.36. The highest BCUT2D eigenvalue weighted by Crippen LogP contribution is 2.32. The lowest BCUT2D eigenvalue weighted by molar-refractivity contribution is 0.425. The second kappa shape index (κ2) is 3.28. The monoisotopic (exact) mass is 191 g/mol. The summed E-state index contributed by atoms with van der Waals surface area (Å²) in [5.41, 5.74) is 2.19. The lowest BCUT2D eigenvalue weighted by atomic mass is 9.90. The zero-order chi connectivity index (χ0) is 10.2. The normalized spacial score (nSPS) is 26.7.